The number of rotatable bonds is 6. The Balaban J connectivity index is 1.99. The van der Waals surface area contributed by atoms with Gasteiger partial charge in [0.1, 0.15) is 10.6 Å². The van der Waals surface area contributed by atoms with E-state index in [9.17, 15) is 9.59 Å². The number of nitrogens with one attached hydrogen (secondary N) is 1. The fraction of sp³-hybridized carbons (Fsp3) is 0.353. The number of nitrogens with zero attached hydrogens (tertiary/aromatic N) is 1. The highest BCUT2D eigenvalue weighted by Gasteiger charge is 2.18. The zero-order valence-corrected chi connectivity index (χ0v) is 16.8. The number of carbonyl (C=O) groups is 2. The minimum absolute atomic E-state index is 0.142. The average molecular weight is 427 g/mol. The standard InChI is InChI=1S/C17H19BrN2O4S/c1-5-23-16(22)15-11(4)19-17(25-15)20-13(21)8-24-14-9(2)6-12(18)7-10(14)3/h6-7H,5,8H2,1-4H3,(H,19,20,21). The van der Waals surface area contributed by atoms with Gasteiger partial charge < -0.3 is 9.47 Å². The van der Waals surface area contributed by atoms with E-state index in [2.05, 4.69) is 26.2 Å². The molecule has 1 aromatic heterocycles. The predicted octanol–water partition coefficient (Wildman–Crippen LogP) is 4.03. The number of aryl methyl sites for hydroxylation is 3. The highest BCUT2D eigenvalue weighted by atomic mass is 79.9. The van der Waals surface area contributed by atoms with Crippen molar-refractivity contribution in [2.45, 2.75) is 27.7 Å². The molecule has 0 aliphatic carbocycles. The fourth-order valence-electron chi connectivity index (χ4n) is 2.25. The molecule has 0 atom stereocenters. The third-order valence-electron chi connectivity index (χ3n) is 3.28. The Morgan fingerprint density at radius 2 is 1.88 bits per heavy atom. The van der Waals surface area contributed by atoms with Crippen molar-refractivity contribution in [1.82, 2.24) is 4.98 Å². The SMILES string of the molecule is CCOC(=O)c1sc(NC(=O)COc2c(C)cc(Br)cc2C)nc1C. The van der Waals surface area contributed by atoms with Gasteiger partial charge in [0, 0.05) is 4.47 Å². The van der Waals surface area contributed by atoms with Crippen LogP contribution in [0.5, 0.6) is 5.75 Å². The monoisotopic (exact) mass is 426 g/mol. The van der Waals surface area contributed by atoms with E-state index in [0.29, 0.717) is 21.5 Å². The number of hydrogen-bond acceptors (Lipinski definition) is 6. The fourth-order valence-corrected chi connectivity index (χ4v) is 3.82. The molecule has 1 aromatic carbocycles. The first-order valence-corrected chi connectivity index (χ1v) is 9.26. The topological polar surface area (TPSA) is 77.5 Å². The number of aromatic nitrogens is 1. The zero-order chi connectivity index (χ0) is 18.6. The molecule has 1 N–H and O–H groups in total. The van der Waals surface area contributed by atoms with Crippen LogP contribution in [0.25, 0.3) is 0 Å². The summed E-state index contributed by atoms with van der Waals surface area (Å²) in [5.41, 5.74) is 2.41. The lowest BCUT2D eigenvalue weighted by Crippen LogP contribution is -2.20. The van der Waals surface area contributed by atoms with Crippen LogP contribution in [0.3, 0.4) is 0 Å². The van der Waals surface area contributed by atoms with Gasteiger partial charge in [0.25, 0.3) is 5.91 Å². The number of esters is 1. The Morgan fingerprint density at radius 3 is 2.48 bits per heavy atom. The predicted molar refractivity (Wildman–Crippen MR) is 101 cm³/mol. The van der Waals surface area contributed by atoms with Crippen molar-refractivity contribution in [3.05, 3.63) is 38.3 Å². The van der Waals surface area contributed by atoms with Gasteiger partial charge in [0.15, 0.2) is 11.7 Å². The summed E-state index contributed by atoms with van der Waals surface area (Å²) < 4.78 is 11.6. The Morgan fingerprint density at radius 1 is 1.24 bits per heavy atom. The summed E-state index contributed by atoms with van der Waals surface area (Å²) in [7, 11) is 0. The molecule has 0 saturated heterocycles. The molecule has 0 radical (unpaired) electrons. The van der Waals surface area contributed by atoms with Gasteiger partial charge in [-0.1, -0.05) is 27.3 Å². The van der Waals surface area contributed by atoms with Gasteiger partial charge >= 0.3 is 5.97 Å². The second-order valence-corrected chi connectivity index (χ2v) is 7.27. The molecular weight excluding hydrogens is 408 g/mol. The molecule has 0 bridgehead atoms. The Labute approximate surface area is 158 Å². The van der Waals surface area contributed by atoms with E-state index in [1.807, 2.05) is 26.0 Å². The normalized spacial score (nSPS) is 10.4. The number of carbonyl (C=O) groups excluding carboxylic acids is 2. The van der Waals surface area contributed by atoms with E-state index in [0.717, 1.165) is 26.9 Å². The van der Waals surface area contributed by atoms with Crippen molar-refractivity contribution in [1.29, 1.82) is 0 Å². The molecular formula is C17H19BrN2O4S. The summed E-state index contributed by atoms with van der Waals surface area (Å²) in [5, 5.41) is 2.99. The molecule has 1 amide bonds. The molecule has 2 rings (SSSR count). The first kappa shape index (κ1) is 19.4. The minimum atomic E-state index is -0.435. The molecule has 0 fully saturated rings. The quantitative estimate of drug-likeness (QED) is 0.705. The van der Waals surface area contributed by atoms with Crippen LogP contribution in [0.1, 0.15) is 33.4 Å². The summed E-state index contributed by atoms with van der Waals surface area (Å²) in [4.78, 5) is 28.4. The van der Waals surface area contributed by atoms with E-state index in [-0.39, 0.29) is 19.1 Å². The average Bonchev–Trinajstić information content (AvgIpc) is 2.86. The Kier molecular flexibility index (Phi) is 6.55. The van der Waals surface area contributed by atoms with Gasteiger partial charge in [-0.15, -0.1) is 0 Å². The summed E-state index contributed by atoms with van der Waals surface area (Å²) in [6.07, 6.45) is 0. The van der Waals surface area contributed by atoms with Crippen LogP contribution in [0.2, 0.25) is 0 Å². The first-order chi connectivity index (χ1) is 11.8. The van der Waals surface area contributed by atoms with Crippen molar-refractivity contribution in [2.24, 2.45) is 0 Å². The summed E-state index contributed by atoms with van der Waals surface area (Å²) in [5.74, 6) is -0.0953. The van der Waals surface area contributed by atoms with Crippen LogP contribution < -0.4 is 10.1 Å². The molecule has 0 unspecified atom stereocenters. The number of ether oxygens (including phenoxy) is 2. The van der Waals surface area contributed by atoms with Crippen LogP contribution in [0, 0.1) is 20.8 Å². The number of anilines is 1. The lowest BCUT2D eigenvalue weighted by Gasteiger charge is -2.12. The summed E-state index contributed by atoms with van der Waals surface area (Å²) >= 11 is 4.51. The van der Waals surface area contributed by atoms with Crippen LogP contribution in [0.4, 0.5) is 5.13 Å². The van der Waals surface area contributed by atoms with Crippen molar-refractivity contribution >= 4 is 44.3 Å². The Hall–Kier alpha value is -1.93. The molecule has 134 valence electrons. The van der Waals surface area contributed by atoms with Crippen LogP contribution in [0.15, 0.2) is 16.6 Å². The second kappa shape index (κ2) is 8.44. The molecule has 2 aromatic rings. The minimum Gasteiger partial charge on any atom is -0.483 e. The lowest BCUT2D eigenvalue weighted by atomic mass is 10.1. The molecule has 0 aliphatic rings. The van der Waals surface area contributed by atoms with E-state index < -0.39 is 5.97 Å². The molecule has 8 heteroatoms. The highest BCUT2D eigenvalue weighted by molar-refractivity contribution is 9.10. The van der Waals surface area contributed by atoms with Crippen molar-refractivity contribution < 1.29 is 19.1 Å². The van der Waals surface area contributed by atoms with E-state index in [4.69, 9.17) is 9.47 Å². The number of benzene rings is 1. The smallest absolute Gasteiger partial charge is 0.350 e. The highest BCUT2D eigenvalue weighted by Crippen LogP contribution is 2.27. The zero-order valence-electron chi connectivity index (χ0n) is 14.4. The maximum atomic E-state index is 12.1. The molecule has 6 nitrogen and oxygen atoms in total. The van der Waals surface area contributed by atoms with Crippen molar-refractivity contribution in [3.63, 3.8) is 0 Å². The van der Waals surface area contributed by atoms with Gasteiger partial charge in [0.2, 0.25) is 0 Å². The molecule has 0 aliphatic heterocycles. The van der Waals surface area contributed by atoms with Gasteiger partial charge in [0.05, 0.1) is 12.3 Å². The van der Waals surface area contributed by atoms with E-state index in [1.165, 1.54) is 0 Å². The number of thiazole rings is 1. The molecule has 0 spiro atoms. The van der Waals surface area contributed by atoms with Gasteiger partial charge in [-0.25, -0.2) is 9.78 Å². The molecule has 1 heterocycles. The van der Waals surface area contributed by atoms with E-state index >= 15 is 0 Å². The number of amides is 1. The first-order valence-electron chi connectivity index (χ1n) is 7.65. The number of hydrogen-bond donors (Lipinski definition) is 1. The summed E-state index contributed by atoms with van der Waals surface area (Å²) in [6.45, 7) is 7.42. The van der Waals surface area contributed by atoms with Crippen LogP contribution >= 0.6 is 27.3 Å². The van der Waals surface area contributed by atoms with Gasteiger partial charge in [-0.05, 0) is 51.0 Å². The number of halogens is 1. The molecule has 25 heavy (non-hydrogen) atoms. The van der Waals surface area contributed by atoms with Crippen molar-refractivity contribution in [2.75, 3.05) is 18.5 Å². The largest absolute Gasteiger partial charge is 0.483 e. The molecule has 0 saturated carbocycles. The third-order valence-corrected chi connectivity index (χ3v) is 4.79. The lowest BCUT2D eigenvalue weighted by molar-refractivity contribution is -0.118. The van der Waals surface area contributed by atoms with Gasteiger partial charge in [-0.3, -0.25) is 10.1 Å². The third kappa shape index (κ3) is 5.02. The maximum Gasteiger partial charge on any atom is 0.350 e. The second-order valence-electron chi connectivity index (χ2n) is 5.36. The van der Waals surface area contributed by atoms with Crippen molar-refractivity contribution in [3.8, 4) is 5.75 Å². The summed E-state index contributed by atoms with van der Waals surface area (Å²) in [6, 6.07) is 3.85. The van der Waals surface area contributed by atoms with Crippen LogP contribution in [-0.4, -0.2) is 30.1 Å². The Bertz CT molecular complexity index is 781. The van der Waals surface area contributed by atoms with Crippen LogP contribution in [-0.2, 0) is 9.53 Å². The van der Waals surface area contributed by atoms with E-state index in [1.54, 1.807) is 13.8 Å². The van der Waals surface area contributed by atoms with Gasteiger partial charge in [-0.2, -0.15) is 0 Å². The maximum absolute atomic E-state index is 12.1.